The maximum atomic E-state index is 12.7. The second kappa shape index (κ2) is 7.92. The van der Waals surface area contributed by atoms with E-state index in [1.165, 1.54) is 36.6 Å². The molecule has 0 unspecified atom stereocenters. The minimum atomic E-state index is -3.07. The van der Waals surface area contributed by atoms with Crippen molar-refractivity contribution >= 4 is 22.9 Å². The largest absolute Gasteiger partial charge is 0.493 e. The Morgan fingerprint density at radius 2 is 1.96 bits per heavy atom. The average molecular weight is 376 g/mol. The van der Waals surface area contributed by atoms with Gasteiger partial charge in [-0.1, -0.05) is 6.07 Å². The molecule has 0 radical (unpaired) electrons. The van der Waals surface area contributed by atoms with Crippen molar-refractivity contribution in [2.24, 2.45) is 0 Å². The van der Waals surface area contributed by atoms with Crippen molar-refractivity contribution in [2.75, 3.05) is 12.4 Å². The molecule has 3 rings (SSSR count). The summed E-state index contributed by atoms with van der Waals surface area (Å²) in [7, 11) is 1.31. The van der Waals surface area contributed by atoms with Crippen LogP contribution in [0.3, 0.4) is 0 Å². The van der Waals surface area contributed by atoms with Crippen LogP contribution >= 0.6 is 11.3 Å². The van der Waals surface area contributed by atoms with Gasteiger partial charge in [0, 0.05) is 22.8 Å². The van der Waals surface area contributed by atoms with Crippen LogP contribution < -0.4 is 14.8 Å². The van der Waals surface area contributed by atoms with E-state index in [0.717, 1.165) is 10.6 Å². The molecule has 0 spiro atoms. The van der Waals surface area contributed by atoms with Crippen molar-refractivity contribution in [3.05, 3.63) is 59.6 Å². The van der Waals surface area contributed by atoms with Gasteiger partial charge in [-0.2, -0.15) is 8.78 Å². The van der Waals surface area contributed by atoms with Gasteiger partial charge >= 0.3 is 6.61 Å². The van der Waals surface area contributed by atoms with Gasteiger partial charge < -0.3 is 14.8 Å². The van der Waals surface area contributed by atoms with Gasteiger partial charge in [-0.05, 0) is 36.4 Å². The van der Waals surface area contributed by atoms with Gasteiger partial charge in [0.05, 0.1) is 12.7 Å². The summed E-state index contributed by atoms with van der Waals surface area (Å²) in [6, 6.07) is 11.4. The number of thiazole rings is 1. The lowest BCUT2D eigenvalue weighted by molar-refractivity contribution is -0.0515. The third-order valence-electron chi connectivity index (χ3n) is 3.47. The Bertz CT molecular complexity index is 884. The summed E-state index contributed by atoms with van der Waals surface area (Å²) < 4.78 is 34.8. The van der Waals surface area contributed by atoms with Gasteiger partial charge in [-0.15, -0.1) is 11.3 Å². The summed E-state index contributed by atoms with van der Waals surface area (Å²) in [4.78, 5) is 16.7. The molecule has 1 amide bonds. The van der Waals surface area contributed by atoms with Crippen LogP contribution in [-0.4, -0.2) is 24.6 Å². The molecule has 0 bridgehead atoms. The first-order valence-electron chi connectivity index (χ1n) is 7.51. The van der Waals surface area contributed by atoms with Crippen LogP contribution in [0.5, 0.6) is 11.5 Å². The highest BCUT2D eigenvalue weighted by molar-refractivity contribution is 7.13. The number of carbonyl (C=O) groups excluding carboxylic acids is 1. The van der Waals surface area contributed by atoms with Crippen molar-refractivity contribution in [3.8, 4) is 22.1 Å². The fourth-order valence-corrected chi connectivity index (χ4v) is 2.97. The fraction of sp³-hybridized carbons (Fsp3) is 0.111. The zero-order valence-electron chi connectivity index (χ0n) is 13.6. The first kappa shape index (κ1) is 17.8. The molecule has 134 valence electrons. The van der Waals surface area contributed by atoms with Crippen LogP contribution in [0.15, 0.2) is 54.0 Å². The van der Waals surface area contributed by atoms with E-state index in [1.54, 1.807) is 18.3 Å². The van der Waals surface area contributed by atoms with Crippen molar-refractivity contribution in [1.29, 1.82) is 0 Å². The number of methoxy groups -OCH3 is 1. The number of nitrogens with one attached hydrogen (secondary N) is 1. The second-order valence-corrected chi connectivity index (χ2v) is 5.98. The molecule has 0 aliphatic carbocycles. The molecule has 1 N–H and O–H groups in total. The Balaban J connectivity index is 1.82. The molecule has 0 aliphatic heterocycles. The Morgan fingerprint density at radius 1 is 1.19 bits per heavy atom. The van der Waals surface area contributed by atoms with Crippen LogP contribution in [-0.2, 0) is 0 Å². The molecule has 3 aromatic rings. The summed E-state index contributed by atoms with van der Waals surface area (Å²) in [5, 5.41) is 5.40. The van der Waals surface area contributed by atoms with Crippen LogP contribution in [0.1, 0.15) is 10.4 Å². The number of rotatable bonds is 6. The summed E-state index contributed by atoms with van der Waals surface area (Å²) in [6.07, 6.45) is 1.71. The summed E-state index contributed by atoms with van der Waals surface area (Å²) in [6.45, 7) is -3.07. The van der Waals surface area contributed by atoms with Crippen molar-refractivity contribution in [3.63, 3.8) is 0 Å². The molecule has 0 saturated carbocycles. The number of benzene rings is 2. The number of para-hydroxylation sites is 1. The average Bonchev–Trinajstić information content (AvgIpc) is 3.16. The first-order chi connectivity index (χ1) is 12.6. The van der Waals surface area contributed by atoms with Crippen LogP contribution in [0.25, 0.3) is 10.6 Å². The highest BCUT2D eigenvalue weighted by Crippen LogP contribution is 2.33. The Hall–Kier alpha value is -3.00. The lowest BCUT2D eigenvalue weighted by Gasteiger charge is -2.14. The van der Waals surface area contributed by atoms with E-state index in [0.29, 0.717) is 5.69 Å². The normalized spacial score (nSPS) is 10.6. The van der Waals surface area contributed by atoms with E-state index >= 15 is 0 Å². The van der Waals surface area contributed by atoms with Crippen LogP contribution in [0.4, 0.5) is 14.5 Å². The van der Waals surface area contributed by atoms with Crippen molar-refractivity contribution in [2.45, 2.75) is 6.61 Å². The molecule has 26 heavy (non-hydrogen) atoms. The number of alkyl halides is 2. The molecule has 0 fully saturated rings. The van der Waals surface area contributed by atoms with Gasteiger partial charge in [0.25, 0.3) is 5.91 Å². The minimum absolute atomic E-state index is 0.0475. The van der Waals surface area contributed by atoms with E-state index in [4.69, 9.17) is 4.74 Å². The number of hydrogen-bond donors (Lipinski definition) is 1. The summed E-state index contributed by atoms with van der Waals surface area (Å²) >= 11 is 1.50. The predicted molar refractivity (Wildman–Crippen MR) is 95.1 cm³/mol. The molecular formula is C18H14F2N2O3S. The maximum Gasteiger partial charge on any atom is 0.387 e. The highest BCUT2D eigenvalue weighted by atomic mass is 32.1. The van der Waals surface area contributed by atoms with Gasteiger partial charge in [-0.3, -0.25) is 4.79 Å². The van der Waals surface area contributed by atoms with Crippen molar-refractivity contribution < 1.29 is 23.0 Å². The topological polar surface area (TPSA) is 60.5 Å². The van der Waals surface area contributed by atoms with Gasteiger partial charge in [0.1, 0.15) is 5.01 Å². The number of amides is 1. The SMILES string of the molecule is COc1cccc(C(=O)Nc2ccc(-c3nccs3)cc2)c1OC(F)F. The summed E-state index contributed by atoms with van der Waals surface area (Å²) in [5.74, 6) is -0.833. The fourth-order valence-electron chi connectivity index (χ4n) is 2.33. The molecule has 8 heteroatoms. The van der Waals surface area contributed by atoms with Gasteiger partial charge in [0.15, 0.2) is 11.5 Å². The number of aromatic nitrogens is 1. The van der Waals surface area contributed by atoms with E-state index in [1.807, 2.05) is 17.5 Å². The van der Waals surface area contributed by atoms with Gasteiger partial charge in [0.2, 0.25) is 0 Å². The highest BCUT2D eigenvalue weighted by Gasteiger charge is 2.20. The zero-order valence-corrected chi connectivity index (χ0v) is 14.4. The lowest BCUT2D eigenvalue weighted by Crippen LogP contribution is -2.15. The molecule has 0 atom stereocenters. The smallest absolute Gasteiger partial charge is 0.387 e. The molecule has 0 aliphatic rings. The van der Waals surface area contributed by atoms with E-state index in [-0.39, 0.29) is 17.1 Å². The van der Waals surface area contributed by atoms with E-state index in [2.05, 4.69) is 15.0 Å². The third kappa shape index (κ3) is 3.97. The lowest BCUT2D eigenvalue weighted by atomic mass is 10.1. The van der Waals surface area contributed by atoms with Gasteiger partial charge in [-0.25, -0.2) is 4.98 Å². The Kier molecular flexibility index (Phi) is 5.43. The third-order valence-corrected chi connectivity index (χ3v) is 4.29. The maximum absolute atomic E-state index is 12.7. The Labute approximate surface area is 152 Å². The molecule has 0 saturated heterocycles. The number of anilines is 1. The number of hydrogen-bond acceptors (Lipinski definition) is 5. The molecular weight excluding hydrogens is 362 g/mol. The molecule has 2 aromatic carbocycles. The summed E-state index contributed by atoms with van der Waals surface area (Å²) in [5.41, 5.74) is 1.39. The molecule has 5 nitrogen and oxygen atoms in total. The Morgan fingerprint density at radius 3 is 2.58 bits per heavy atom. The number of halogens is 2. The predicted octanol–water partition coefficient (Wildman–Crippen LogP) is 4.67. The minimum Gasteiger partial charge on any atom is -0.493 e. The molecule has 1 aromatic heterocycles. The van der Waals surface area contributed by atoms with E-state index in [9.17, 15) is 13.6 Å². The monoisotopic (exact) mass is 376 g/mol. The first-order valence-corrected chi connectivity index (χ1v) is 8.39. The van der Waals surface area contributed by atoms with Crippen LogP contribution in [0, 0.1) is 0 Å². The number of nitrogens with zero attached hydrogens (tertiary/aromatic N) is 1. The zero-order chi connectivity index (χ0) is 18.5. The molecule has 1 heterocycles. The standard InChI is InChI=1S/C18H14F2N2O3S/c1-24-14-4-2-3-13(15(14)25-18(19)20)16(23)22-12-7-5-11(6-8-12)17-21-9-10-26-17/h2-10,18H,1H3,(H,22,23). The van der Waals surface area contributed by atoms with Crippen LogP contribution in [0.2, 0.25) is 0 Å². The van der Waals surface area contributed by atoms with E-state index < -0.39 is 12.5 Å². The number of ether oxygens (including phenoxy) is 2. The number of carbonyl (C=O) groups is 1. The second-order valence-electron chi connectivity index (χ2n) is 5.08. The quantitative estimate of drug-likeness (QED) is 0.679. The van der Waals surface area contributed by atoms with Crippen molar-refractivity contribution in [1.82, 2.24) is 4.98 Å².